The lowest BCUT2D eigenvalue weighted by Crippen LogP contribution is -2.52. The summed E-state index contributed by atoms with van der Waals surface area (Å²) < 4.78 is 5.02. The summed E-state index contributed by atoms with van der Waals surface area (Å²) in [5, 5.41) is 3.05. The van der Waals surface area contributed by atoms with E-state index in [0.29, 0.717) is 17.9 Å². The van der Waals surface area contributed by atoms with E-state index in [-0.39, 0.29) is 12.1 Å². The number of likely N-dealkylation sites (tertiary alicyclic amines) is 1. The van der Waals surface area contributed by atoms with Gasteiger partial charge in [-0.15, -0.1) is 0 Å². The average Bonchev–Trinajstić information content (AvgIpc) is 3.09. The molecule has 1 saturated heterocycles. The third kappa shape index (κ3) is 4.97. The number of nitrogens with zero attached hydrogens (tertiary/aromatic N) is 1. The highest BCUT2D eigenvalue weighted by molar-refractivity contribution is 5.67. The molecule has 0 aromatic rings. The Hall–Kier alpha value is -0.770. The van der Waals surface area contributed by atoms with E-state index in [9.17, 15) is 4.79 Å². The molecule has 2 rings (SSSR count). The molecular formula is C16H30N2O2. The second kappa shape index (κ2) is 6.33. The molecule has 116 valence electrons. The van der Waals surface area contributed by atoms with Gasteiger partial charge >= 0.3 is 6.09 Å². The minimum atomic E-state index is -0.260. The molecule has 1 aliphatic carbocycles. The van der Waals surface area contributed by atoms with Gasteiger partial charge in [-0.3, -0.25) is 4.90 Å². The van der Waals surface area contributed by atoms with Gasteiger partial charge in [-0.25, -0.2) is 4.79 Å². The van der Waals surface area contributed by atoms with Gasteiger partial charge in [-0.1, -0.05) is 20.8 Å². The third-order valence-corrected chi connectivity index (χ3v) is 4.13. The summed E-state index contributed by atoms with van der Waals surface area (Å²) in [6.45, 7) is 11.4. The van der Waals surface area contributed by atoms with Crippen molar-refractivity contribution in [1.29, 1.82) is 0 Å². The maximum Gasteiger partial charge on any atom is 0.407 e. The second-order valence-corrected chi connectivity index (χ2v) is 7.61. The summed E-state index contributed by atoms with van der Waals surface area (Å²) in [5.74, 6) is 0.677. The number of hydrogen-bond donors (Lipinski definition) is 1. The molecule has 0 aromatic carbocycles. The molecule has 0 radical (unpaired) electrons. The zero-order valence-electron chi connectivity index (χ0n) is 13.4. The Morgan fingerprint density at radius 2 is 2.00 bits per heavy atom. The molecule has 2 atom stereocenters. The van der Waals surface area contributed by atoms with Crippen molar-refractivity contribution >= 4 is 6.09 Å². The Balaban J connectivity index is 1.91. The molecule has 0 spiro atoms. The number of rotatable bonds is 4. The molecule has 20 heavy (non-hydrogen) atoms. The van der Waals surface area contributed by atoms with E-state index in [1.165, 1.54) is 25.8 Å². The van der Waals surface area contributed by atoms with Crippen molar-refractivity contribution in [2.45, 2.75) is 65.5 Å². The number of hydrogen-bond acceptors (Lipinski definition) is 3. The molecule has 2 fully saturated rings. The maximum atomic E-state index is 11.6. The molecule has 0 bridgehead atoms. The van der Waals surface area contributed by atoms with E-state index < -0.39 is 0 Å². The van der Waals surface area contributed by atoms with Crippen LogP contribution >= 0.6 is 0 Å². The van der Waals surface area contributed by atoms with Crippen LogP contribution in [0.4, 0.5) is 4.79 Å². The number of carbonyl (C=O) groups excluding carboxylic acids is 1. The lowest BCUT2D eigenvalue weighted by Gasteiger charge is -2.40. The molecule has 1 heterocycles. The topological polar surface area (TPSA) is 41.6 Å². The van der Waals surface area contributed by atoms with Crippen LogP contribution in [0.1, 0.15) is 53.4 Å². The highest BCUT2D eigenvalue weighted by atomic mass is 16.5. The molecule has 1 amide bonds. The summed E-state index contributed by atoms with van der Waals surface area (Å²) in [7, 11) is 0. The number of ether oxygens (including phenoxy) is 1. The zero-order valence-corrected chi connectivity index (χ0v) is 13.4. The molecule has 1 N–H and O–H groups in total. The zero-order chi connectivity index (χ0) is 14.8. The van der Waals surface area contributed by atoms with Crippen molar-refractivity contribution in [2.75, 3.05) is 19.7 Å². The Morgan fingerprint density at radius 1 is 1.30 bits per heavy atom. The van der Waals surface area contributed by atoms with E-state index in [2.05, 4.69) is 31.0 Å². The van der Waals surface area contributed by atoms with E-state index in [4.69, 9.17) is 4.74 Å². The third-order valence-electron chi connectivity index (χ3n) is 4.13. The molecule has 4 nitrogen and oxygen atoms in total. The van der Waals surface area contributed by atoms with Gasteiger partial charge < -0.3 is 10.1 Å². The average molecular weight is 282 g/mol. The molecular weight excluding hydrogens is 252 g/mol. The fourth-order valence-electron chi connectivity index (χ4n) is 3.44. The fraction of sp³-hybridized carbons (Fsp3) is 0.938. The minimum absolute atomic E-state index is 0.246. The molecule has 2 unspecified atom stereocenters. The van der Waals surface area contributed by atoms with Gasteiger partial charge in [0.05, 0.1) is 6.61 Å². The SMILES string of the molecule is CCOC(=O)NC1CC(CC(C)(C)C)CN(C2CC2)C1. The van der Waals surface area contributed by atoms with Crippen LogP contribution in [0.2, 0.25) is 0 Å². The van der Waals surface area contributed by atoms with Crippen molar-refractivity contribution in [2.24, 2.45) is 11.3 Å². The first-order chi connectivity index (χ1) is 9.37. The lowest BCUT2D eigenvalue weighted by molar-refractivity contribution is 0.0971. The van der Waals surface area contributed by atoms with Gasteiger partial charge in [0.2, 0.25) is 0 Å². The summed E-state index contributed by atoms with van der Waals surface area (Å²) in [4.78, 5) is 14.2. The van der Waals surface area contributed by atoms with Gasteiger partial charge in [0.1, 0.15) is 0 Å². The van der Waals surface area contributed by atoms with Crippen LogP contribution in [0.15, 0.2) is 0 Å². The first kappa shape index (κ1) is 15.6. The predicted octanol–water partition coefficient (Wildman–Crippen LogP) is 3.02. The van der Waals surface area contributed by atoms with Crippen molar-refractivity contribution in [3.63, 3.8) is 0 Å². The van der Waals surface area contributed by atoms with Crippen molar-refractivity contribution in [3.05, 3.63) is 0 Å². The minimum Gasteiger partial charge on any atom is -0.450 e. The van der Waals surface area contributed by atoms with Gasteiger partial charge in [0, 0.05) is 25.2 Å². The first-order valence-corrected chi connectivity index (χ1v) is 8.04. The summed E-state index contributed by atoms with van der Waals surface area (Å²) in [6, 6.07) is 1.01. The van der Waals surface area contributed by atoms with Crippen LogP contribution in [0.25, 0.3) is 0 Å². The van der Waals surface area contributed by atoms with Crippen molar-refractivity contribution < 1.29 is 9.53 Å². The van der Waals surface area contributed by atoms with Crippen LogP contribution in [-0.4, -0.2) is 42.8 Å². The van der Waals surface area contributed by atoms with Gasteiger partial charge in [0.25, 0.3) is 0 Å². The summed E-state index contributed by atoms with van der Waals surface area (Å²) in [5.41, 5.74) is 0.353. The number of piperidine rings is 1. The highest BCUT2D eigenvalue weighted by Crippen LogP contribution is 2.35. The Labute approximate surface area is 123 Å². The van der Waals surface area contributed by atoms with E-state index in [1.54, 1.807) is 0 Å². The summed E-state index contributed by atoms with van der Waals surface area (Å²) in [6.07, 6.45) is 4.70. The van der Waals surface area contributed by atoms with Crippen LogP contribution in [0, 0.1) is 11.3 Å². The largest absolute Gasteiger partial charge is 0.450 e. The standard InChI is InChI=1S/C16H30N2O2/c1-5-20-15(19)17-13-8-12(9-16(2,3)4)10-18(11-13)14-6-7-14/h12-14H,5-11H2,1-4H3,(H,17,19). The Morgan fingerprint density at radius 3 is 2.55 bits per heavy atom. The molecule has 2 aliphatic rings. The van der Waals surface area contributed by atoms with Gasteiger partial charge in [-0.2, -0.15) is 0 Å². The van der Waals surface area contributed by atoms with Crippen molar-refractivity contribution in [1.82, 2.24) is 10.2 Å². The predicted molar refractivity (Wildman–Crippen MR) is 80.7 cm³/mol. The first-order valence-electron chi connectivity index (χ1n) is 8.04. The smallest absolute Gasteiger partial charge is 0.407 e. The van der Waals surface area contributed by atoms with Crippen LogP contribution < -0.4 is 5.32 Å². The molecule has 0 aromatic heterocycles. The number of alkyl carbamates (subject to hydrolysis) is 1. The normalized spacial score (nSPS) is 28.2. The second-order valence-electron chi connectivity index (χ2n) is 7.61. The van der Waals surface area contributed by atoms with E-state index in [1.807, 2.05) is 6.92 Å². The van der Waals surface area contributed by atoms with Crippen LogP contribution in [0.3, 0.4) is 0 Å². The van der Waals surface area contributed by atoms with Crippen molar-refractivity contribution in [3.8, 4) is 0 Å². The van der Waals surface area contributed by atoms with E-state index in [0.717, 1.165) is 19.0 Å². The van der Waals surface area contributed by atoms with E-state index >= 15 is 0 Å². The molecule has 4 heteroatoms. The fourth-order valence-corrected chi connectivity index (χ4v) is 3.44. The van der Waals surface area contributed by atoms with Crippen LogP contribution in [0.5, 0.6) is 0 Å². The Bertz CT molecular complexity index is 334. The number of carbonyl (C=O) groups is 1. The quantitative estimate of drug-likeness (QED) is 0.862. The monoisotopic (exact) mass is 282 g/mol. The number of nitrogens with one attached hydrogen (secondary N) is 1. The lowest BCUT2D eigenvalue weighted by atomic mass is 9.80. The maximum absolute atomic E-state index is 11.6. The van der Waals surface area contributed by atoms with Gasteiger partial charge in [0.15, 0.2) is 0 Å². The number of amides is 1. The summed E-state index contributed by atoms with van der Waals surface area (Å²) >= 11 is 0. The van der Waals surface area contributed by atoms with Crippen LogP contribution in [-0.2, 0) is 4.74 Å². The molecule has 1 aliphatic heterocycles. The molecule has 1 saturated carbocycles. The highest BCUT2D eigenvalue weighted by Gasteiger charge is 2.37. The van der Waals surface area contributed by atoms with Gasteiger partial charge in [-0.05, 0) is 43.9 Å². The Kier molecular flexibility index (Phi) is 4.95.